The quantitative estimate of drug-likeness (QED) is 0.792. The SMILES string of the molecule is CCN(C)S(=O)(=O)c1ccc(CN)o1. The number of hydrogen-bond donors (Lipinski definition) is 1. The van der Waals surface area contributed by atoms with Crippen molar-refractivity contribution < 1.29 is 12.8 Å². The molecule has 0 aliphatic carbocycles. The number of rotatable bonds is 4. The van der Waals surface area contributed by atoms with Crippen LogP contribution in [0.5, 0.6) is 0 Å². The molecule has 6 heteroatoms. The van der Waals surface area contributed by atoms with Crippen LogP contribution >= 0.6 is 0 Å². The van der Waals surface area contributed by atoms with Gasteiger partial charge in [0.05, 0.1) is 6.54 Å². The van der Waals surface area contributed by atoms with Crippen molar-refractivity contribution in [1.82, 2.24) is 4.31 Å². The fourth-order valence-electron chi connectivity index (χ4n) is 0.930. The molecule has 1 aromatic rings. The Morgan fingerprint density at radius 2 is 2.14 bits per heavy atom. The number of sulfonamides is 1. The van der Waals surface area contributed by atoms with E-state index in [1.807, 2.05) is 0 Å². The van der Waals surface area contributed by atoms with E-state index in [-0.39, 0.29) is 11.6 Å². The van der Waals surface area contributed by atoms with Gasteiger partial charge in [0.15, 0.2) is 0 Å². The standard InChI is InChI=1S/C8H14N2O3S/c1-3-10(2)14(11,12)8-5-4-7(6-9)13-8/h4-5H,3,6,9H2,1-2H3. The zero-order valence-corrected chi connectivity index (χ0v) is 9.04. The summed E-state index contributed by atoms with van der Waals surface area (Å²) in [5.41, 5.74) is 5.31. The van der Waals surface area contributed by atoms with Gasteiger partial charge in [0, 0.05) is 13.6 Å². The summed E-state index contributed by atoms with van der Waals surface area (Å²) in [6, 6.07) is 2.99. The topological polar surface area (TPSA) is 76.5 Å². The smallest absolute Gasteiger partial charge is 0.276 e. The molecule has 0 spiro atoms. The van der Waals surface area contributed by atoms with Crippen LogP contribution in [0.2, 0.25) is 0 Å². The number of furan rings is 1. The van der Waals surface area contributed by atoms with Gasteiger partial charge in [0.2, 0.25) is 5.09 Å². The summed E-state index contributed by atoms with van der Waals surface area (Å²) in [6.45, 7) is 2.36. The van der Waals surface area contributed by atoms with Crippen LogP contribution in [0, 0.1) is 0 Å². The van der Waals surface area contributed by atoms with Gasteiger partial charge in [-0.3, -0.25) is 0 Å². The molecule has 5 nitrogen and oxygen atoms in total. The molecule has 1 rings (SSSR count). The van der Waals surface area contributed by atoms with E-state index in [0.29, 0.717) is 12.3 Å². The van der Waals surface area contributed by atoms with E-state index in [1.165, 1.54) is 17.4 Å². The van der Waals surface area contributed by atoms with Crippen molar-refractivity contribution in [2.24, 2.45) is 5.73 Å². The van der Waals surface area contributed by atoms with Gasteiger partial charge in [-0.2, -0.15) is 4.31 Å². The molecule has 0 bridgehead atoms. The van der Waals surface area contributed by atoms with E-state index in [1.54, 1.807) is 13.0 Å². The van der Waals surface area contributed by atoms with Gasteiger partial charge in [-0.05, 0) is 12.1 Å². The highest BCUT2D eigenvalue weighted by molar-refractivity contribution is 7.89. The monoisotopic (exact) mass is 218 g/mol. The minimum absolute atomic E-state index is 0.0534. The molecule has 0 aromatic carbocycles. The van der Waals surface area contributed by atoms with Crippen LogP contribution < -0.4 is 5.73 Å². The van der Waals surface area contributed by atoms with Crippen LogP contribution in [-0.2, 0) is 16.6 Å². The molecule has 0 aliphatic heterocycles. The van der Waals surface area contributed by atoms with Crippen LogP contribution in [0.15, 0.2) is 21.6 Å². The lowest BCUT2D eigenvalue weighted by atomic mass is 10.5. The molecule has 1 heterocycles. The fourth-order valence-corrected chi connectivity index (χ4v) is 2.03. The lowest BCUT2D eigenvalue weighted by Gasteiger charge is -2.11. The van der Waals surface area contributed by atoms with Crippen molar-refractivity contribution >= 4 is 10.0 Å². The summed E-state index contributed by atoms with van der Waals surface area (Å²) >= 11 is 0. The minimum atomic E-state index is -3.47. The Bertz CT molecular complexity index is 396. The molecule has 0 unspecified atom stereocenters. The van der Waals surface area contributed by atoms with Crippen molar-refractivity contribution in [3.63, 3.8) is 0 Å². The first-order valence-electron chi connectivity index (χ1n) is 4.27. The van der Waals surface area contributed by atoms with E-state index in [0.717, 1.165) is 0 Å². The molecule has 2 N–H and O–H groups in total. The summed E-state index contributed by atoms with van der Waals surface area (Å²) in [6.07, 6.45) is 0. The van der Waals surface area contributed by atoms with E-state index in [2.05, 4.69) is 0 Å². The average Bonchev–Trinajstić information content (AvgIpc) is 2.65. The molecule has 0 aliphatic rings. The van der Waals surface area contributed by atoms with Crippen molar-refractivity contribution in [1.29, 1.82) is 0 Å². The first kappa shape index (κ1) is 11.2. The van der Waals surface area contributed by atoms with Gasteiger partial charge in [0.1, 0.15) is 5.76 Å². The summed E-state index contributed by atoms with van der Waals surface area (Å²) in [5.74, 6) is 0.466. The maximum absolute atomic E-state index is 11.7. The Morgan fingerprint density at radius 3 is 2.57 bits per heavy atom. The predicted octanol–water partition coefficient (Wildman–Crippen LogP) is 0.379. The molecular formula is C8H14N2O3S. The van der Waals surface area contributed by atoms with Crippen molar-refractivity contribution in [3.8, 4) is 0 Å². The third-order valence-electron chi connectivity index (χ3n) is 1.95. The molecule has 0 amide bonds. The Balaban J connectivity index is 3.04. The summed E-state index contributed by atoms with van der Waals surface area (Å²) in [5, 5.41) is -0.0534. The highest BCUT2D eigenvalue weighted by Gasteiger charge is 2.22. The van der Waals surface area contributed by atoms with Gasteiger partial charge in [-0.25, -0.2) is 8.42 Å². The van der Waals surface area contributed by atoms with E-state index < -0.39 is 10.0 Å². The second-order valence-electron chi connectivity index (χ2n) is 2.84. The first-order valence-corrected chi connectivity index (χ1v) is 5.71. The maximum atomic E-state index is 11.7. The normalized spacial score (nSPS) is 12.3. The van der Waals surface area contributed by atoms with E-state index in [9.17, 15) is 8.42 Å². The largest absolute Gasteiger partial charge is 0.447 e. The number of nitrogens with zero attached hydrogens (tertiary/aromatic N) is 1. The number of nitrogens with two attached hydrogens (primary N) is 1. The molecule has 0 fully saturated rings. The Hall–Kier alpha value is -0.850. The van der Waals surface area contributed by atoms with Crippen LogP contribution in [0.4, 0.5) is 0 Å². The first-order chi connectivity index (χ1) is 6.52. The molecular weight excluding hydrogens is 204 g/mol. The van der Waals surface area contributed by atoms with E-state index in [4.69, 9.17) is 10.2 Å². The Labute approximate surface area is 83.5 Å². The van der Waals surface area contributed by atoms with Crippen molar-refractivity contribution in [2.75, 3.05) is 13.6 Å². The zero-order chi connectivity index (χ0) is 10.8. The summed E-state index contributed by atoms with van der Waals surface area (Å²) in [7, 11) is -1.97. The molecule has 14 heavy (non-hydrogen) atoms. The van der Waals surface area contributed by atoms with Crippen LogP contribution in [-0.4, -0.2) is 26.3 Å². The lowest BCUT2D eigenvalue weighted by Crippen LogP contribution is -2.26. The fraction of sp³-hybridized carbons (Fsp3) is 0.500. The van der Waals surface area contributed by atoms with Gasteiger partial charge >= 0.3 is 0 Å². The second-order valence-corrected chi connectivity index (χ2v) is 4.82. The molecule has 0 atom stereocenters. The lowest BCUT2D eigenvalue weighted by molar-refractivity contribution is 0.392. The third kappa shape index (κ3) is 1.97. The Morgan fingerprint density at radius 1 is 1.50 bits per heavy atom. The second kappa shape index (κ2) is 4.12. The number of hydrogen-bond acceptors (Lipinski definition) is 4. The zero-order valence-electron chi connectivity index (χ0n) is 8.23. The van der Waals surface area contributed by atoms with E-state index >= 15 is 0 Å². The average molecular weight is 218 g/mol. The summed E-state index contributed by atoms with van der Waals surface area (Å²) in [4.78, 5) is 0. The maximum Gasteiger partial charge on any atom is 0.276 e. The van der Waals surface area contributed by atoms with Crippen LogP contribution in [0.3, 0.4) is 0 Å². The highest BCUT2D eigenvalue weighted by atomic mass is 32.2. The van der Waals surface area contributed by atoms with Gasteiger partial charge in [-0.15, -0.1) is 0 Å². The Kier molecular flexibility index (Phi) is 3.30. The van der Waals surface area contributed by atoms with Crippen LogP contribution in [0.1, 0.15) is 12.7 Å². The van der Waals surface area contributed by atoms with Gasteiger partial charge < -0.3 is 10.2 Å². The van der Waals surface area contributed by atoms with Crippen LogP contribution in [0.25, 0.3) is 0 Å². The molecule has 0 saturated carbocycles. The van der Waals surface area contributed by atoms with Crippen molar-refractivity contribution in [3.05, 3.63) is 17.9 Å². The van der Waals surface area contributed by atoms with Gasteiger partial charge in [-0.1, -0.05) is 6.92 Å². The molecule has 0 saturated heterocycles. The van der Waals surface area contributed by atoms with Crippen molar-refractivity contribution in [2.45, 2.75) is 18.6 Å². The molecule has 1 aromatic heterocycles. The molecule has 80 valence electrons. The highest BCUT2D eigenvalue weighted by Crippen LogP contribution is 2.16. The van der Waals surface area contributed by atoms with Gasteiger partial charge in [0.25, 0.3) is 10.0 Å². The molecule has 0 radical (unpaired) electrons. The third-order valence-corrected chi connectivity index (χ3v) is 3.75. The summed E-state index contributed by atoms with van der Waals surface area (Å²) < 4.78 is 29.6. The minimum Gasteiger partial charge on any atom is -0.447 e. The predicted molar refractivity (Wildman–Crippen MR) is 52.1 cm³/mol.